The van der Waals surface area contributed by atoms with Crippen molar-refractivity contribution in [1.29, 1.82) is 0 Å². The van der Waals surface area contributed by atoms with Gasteiger partial charge in [0.2, 0.25) is 0 Å². The van der Waals surface area contributed by atoms with Crippen LogP contribution >= 0.6 is 0 Å². The number of para-hydroxylation sites is 1. The first kappa shape index (κ1) is 12.1. The molecule has 0 atom stereocenters. The number of hydrogen-bond donors (Lipinski definition) is 0. The van der Waals surface area contributed by atoms with Gasteiger partial charge in [0.15, 0.2) is 0 Å². The van der Waals surface area contributed by atoms with E-state index in [9.17, 15) is 4.39 Å². The quantitative estimate of drug-likeness (QED) is 0.741. The normalized spacial score (nSPS) is 17.2. The number of hydrogen-bond acceptors (Lipinski definition) is 2. The first-order valence-electron chi connectivity index (χ1n) is 6.03. The maximum absolute atomic E-state index is 13.6. The summed E-state index contributed by atoms with van der Waals surface area (Å²) in [6, 6.07) is 6.99. The van der Waals surface area contributed by atoms with Gasteiger partial charge in [-0.2, -0.15) is 0 Å². The van der Waals surface area contributed by atoms with Crippen LogP contribution in [0.5, 0.6) is 0 Å². The molecule has 1 aromatic carbocycles. The lowest BCUT2D eigenvalue weighted by atomic mass is 10.2. The molecule has 92 valence electrons. The van der Waals surface area contributed by atoms with Crippen LogP contribution in [-0.2, 0) is 0 Å². The molecule has 1 fully saturated rings. The third kappa shape index (κ3) is 3.07. The standard InChI is InChI=1S/C14H19FN2/c1-12(2)11-16-7-9-17(10-8-16)14-6-4-3-5-13(14)15/h3-6H,1,7-11H2,2H3. The Kier molecular flexibility index (Phi) is 3.79. The molecule has 0 radical (unpaired) electrons. The zero-order valence-corrected chi connectivity index (χ0v) is 10.3. The summed E-state index contributed by atoms with van der Waals surface area (Å²) in [7, 11) is 0. The van der Waals surface area contributed by atoms with E-state index < -0.39 is 0 Å². The van der Waals surface area contributed by atoms with Crippen molar-refractivity contribution in [1.82, 2.24) is 4.90 Å². The summed E-state index contributed by atoms with van der Waals surface area (Å²) in [5.41, 5.74) is 1.91. The highest BCUT2D eigenvalue weighted by atomic mass is 19.1. The zero-order valence-electron chi connectivity index (χ0n) is 10.3. The minimum absolute atomic E-state index is 0.124. The molecule has 1 aliphatic rings. The zero-order chi connectivity index (χ0) is 12.3. The van der Waals surface area contributed by atoms with E-state index in [1.165, 1.54) is 11.6 Å². The van der Waals surface area contributed by atoms with Crippen LogP contribution in [0.1, 0.15) is 6.92 Å². The van der Waals surface area contributed by atoms with Crippen molar-refractivity contribution < 1.29 is 4.39 Å². The topological polar surface area (TPSA) is 6.48 Å². The Labute approximate surface area is 102 Å². The summed E-state index contributed by atoms with van der Waals surface area (Å²) in [4.78, 5) is 4.48. The van der Waals surface area contributed by atoms with Crippen molar-refractivity contribution in [2.45, 2.75) is 6.92 Å². The maximum Gasteiger partial charge on any atom is 0.146 e. The first-order valence-corrected chi connectivity index (χ1v) is 6.03. The number of anilines is 1. The Morgan fingerprint density at radius 3 is 2.47 bits per heavy atom. The van der Waals surface area contributed by atoms with E-state index >= 15 is 0 Å². The molecule has 0 spiro atoms. The van der Waals surface area contributed by atoms with Gasteiger partial charge in [-0.1, -0.05) is 24.3 Å². The first-order chi connectivity index (χ1) is 8.16. The highest BCUT2D eigenvalue weighted by molar-refractivity contribution is 5.47. The van der Waals surface area contributed by atoms with Crippen molar-refractivity contribution in [2.24, 2.45) is 0 Å². The van der Waals surface area contributed by atoms with Crippen LogP contribution in [-0.4, -0.2) is 37.6 Å². The monoisotopic (exact) mass is 234 g/mol. The average Bonchev–Trinajstić information content (AvgIpc) is 2.30. The largest absolute Gasteiger partial charge is 0.367 e. The molecule has 3 heteroatoms. The molecule has 1 aromatic rings. The van der Waals surface area contributed by atoms with Gasteiger partial charge in [0, 0.05) is 32.7 Å². The SMILES string of the molecule is C=C(C)CN1CCN(c2ccccc2F)CC1. The fourth-order valence-electron chi connectivity index (χ4n) is 2.24. The predicted molar refractivity (Wildman–Crippen MR) is 69.9 cm³/mol. The minimum atomic E-state index is -0.124. The van der Waals surface area contributed by atoms with Crippen LogP contribution in [0.2, 0.25) is 0 Å². The van der Waals surface area contributed by atoms with E-state index in [1.807, 2.05) is 19.1 Å². The smallest absolute Gasteiger partial charge is 0.146 e. The number of rotatable bonds is 3. The van der Waals surface area contributed by atoms with Crippen LogP contribution in [0.15, 0.2) is 36.4 Å². The molecule has 0 N–H and O–H groups in total. The van der Waals surface area contributed by atoms with Gasteiger partial charge in [-0.15, -0.1) is 0 Å². The predicted octanol–water partition coefficient (Wildman–Crippen LogP) is 2.52. The molecule has 2 nitrogen and oxygen atoms in total. The number of piperazine rings is 1. The van der Waals surface area contributed by atoms with Gasteiger partial charge in [0.05, 0.1) is 5.69 Å². The Morgan fingerprint density at radius 2 is 1.88 bits per heavy atom. The van der Waals surface area contributed by atoms with E-state index in [0.717, 1.165) is 38.4 Å². The molecule has 0 saturated carbocycles. The molecule has 0 unspecified atom stereocenters. The van der Waals surface area contributed by atoms with E-state index in [4.69, 9.17) is 0 Å². The molecular formula is C14H19FN2. The van der Waals surface area contributed by atoms with Gasteiger partial charge in [0.1, 0.15) is 5.82 Å². The lowest BCUT2D eigenvalue weighted by Gasteiger charge is -2.36. The van der Waals surface area contributed by atoms with Crippen molar-refractivity contribution in [3.8, 4) is 0 Å². The van der Waals surface area contributed by atoms with Crippen LogP contribution in [0.3, 0.4) is 0 Å². The fourth-order valence-corrected chi connectivity index (χ4v) is 2.24. The van der Waals surface area contributed by atoms with Crippen LogP contribution < -0.4 is 4.90 Å². The molecule has 0 aliphatic carbocycles. The summed E-state index contributed by atoms with van der Waals surface area (Å²) in [6.07, 6.45) is 0. The summed E-state index contributed by atoms with van der Waals surface area (Å²) in [6.45, 7) is 10.6. The molecular weight excluding hydrogens is 215 g/mol. The number of benzene rings is 1. The second-order valence-corrected chi connectivity index (χ2v) is 4.67. The van der Waals surface area contributed by atoms with Gasteiger partial charge >= 0.3 is 0 Å². The van der Waals surface area contributed by atoms with Gasteiger partial charge in [0.25, 0.3) is 0 Å². The molecule has 0 aromatic heterocycles. The van der Waals surface area contributed by atoms with Crippen LogP contribution in [0.25, 0.3) is 0 Å². The van der Waals surface area contributed by atoms with E-state index in [-0.39, 0.29) is 5.82 Å². The van der Waals surface area contributed by atoms with Gasteiger partial charge in [-0.3, -0.25) is 4.90 Å². The molecule has 1 saturated heterocycles. The Hall–Kier alpha value is -1.35. The second-order valence-electron chi connectivity index (χ2n) is 4.67. The molecule has 0 bridgehead atoms. The molecule has 2 rings (SSSR count). The molecule has 0 amide bonds. The summed E-state index contributed by atoms with van der Waals surface area (Å²) < 4.78 is 13.6. The third-order valence-electron chi connectivity index (χ3n) is 3.06. The van der Waals surface area contributed by atoms with Crippen molar-refractivity contribution in [3.63, 3.8) is 0 Å². The van der Waals surface area contributed by atoms with E-state index in [1.54, 1.807) is 6.07 Å². The summed E-state index contributed by atoms with van der Waals surface area (Å²) >= 11 is 0. The van der Waals surface area contributed by atoms with Crippen LogP contribution in [0.4, 0.5) is 10.1 Å². The van der Waals surface area contributed by atoms with E-state index in [0.29, 0.717) is 0 Å². The number of nitrogens with zero attached hydrogens (tertiary/aromatic N) is 2. The van der Waals surface area contributed by atoms with Gasteiger partial charge in [-0.25, -0.2) is 4.39 Å². The van der Waals surface area contributed by atoms with Crippen LogP contribution in [0, 0.1) is 5.82 Å². The summed E-state index contributed by atoms with van der Waals surface area (Å²) in [5, 5.41) is 0. The highest BCUT2D eigenvalue weighted by Crippen LogP contribution is 2.20. The third-order valence-corrected chi connectivity index (χ3v) is 3.06. The van der Waals surface area contributed by atoms with Crippen molar-refractivity contribution in [3.05, 3.63) is 42.2 Å². The average molecular weight is 234 g/mol. The Bertz CT molecular complexity index is 395. The fraction of sp³-hybridized carbons (Fsp3) is 0.429. The van der Waals surface area contributed by atoms with E-state index in [2.05, 4.69) is 16.4 Å². The number of halogens is 1. The summed E-state index contributed by atoms with van der Waals surface area (Å²) in [5.74, 6) is -0.124. The van der Waals surface area contributed by atoms with Gasteiger partial charge in [-0.05, 0) is 19.1 Å². The highest BCUT2D eigenvalue weighted by Gasteiger charge is 2.18. The lowest BCUT2D eigenvalue weighted by Crippen LogP contribution is -2.47. The minimum Gasteiger partial charge on any atom is -0.367 e. The maximum atomic E-state index is 13.6. The van der Waals surface area contributed by atoms with Crippen molar-refractivity contribution >= 4 is 5.69 Å². The lowest BCUT2D eigenvalue weighted by molar-refractivity contribution is 0.278. The Morgan fingerprint density at radius 1 is 1.24 bits per heavy atom. The Balaban J connectivity index is 1.95. The second kappa shape index (κ2) is 5.32. The van der Waals surface area contributed by atoms with Gasteiger partial charge < -0.3 is 4.90 Å². The molecule has 1 heterocycles. The molecule has 17 heavy (non-hydrogen) atoms. The molecule has 1 aliphatic heterocycles. The van der Waals surface area contributed by atoms with Crippen molar-refractivity contribution in [2.75, 3.05) is 37.6 Å².